The first kappa shape index (κ1) is 25.0. The summed E-state index contributed by atoms with van der Waals surface area (Å²) in [4.78, 5) is 39.3. The minimum atomic E-state index is -1.54. The molecule has 0 radical (unpaired) electrons. The van der Waals surface area contributed by atoms with E-state index < -0.39 is 17.5 Å². The van der Waals surface area contributed by atoms with Crippen molar-refractivity contribution in [3.63, 3.8) is 0 Å². The molecule has 0 N–H and O–H groups in total. The molecule has 1 fully saturated rings. The highest BCUT2D eigenvalue weighted by Gasteiger charge is 2.51. The second kappa shape index (κ2) is 10.6. The van der Waals surface area contributed by atoms with Gasteiger partial charge in [-0.2, -0.15) is 0 Å². The maximum atomic E-state index is 12.8. The van der Waals surface area contributed by atoms with E-state index >= 15 is 0 Å². The van der Waals surface area contributed by atoms with Crippen LogP contribution in [-0.4, -0.2) is 35.8 Å². The van der Waals surface area contributed by atoms with E-state index in [9.17, 15) is 19.5 Å². The van der Waals surface area contributed by atoms with Gasteiger partial charge in [0.05, 0.1) is 11.4 Å². The van der Waals surface area contributed by atoms with Crippen LogP contribution >= 0.6 is 0 Å². The monoisotopic (exact) mass is 486 g/mol. The zero-order chi connectivity index (χ0) is 25.7. The van der Waals surface area contributed by atoms with Crippen molar-refractivity contribution in [3.05, 3.63) is 101 Å². The molecule has 0 aromatic heterocycles. The van der Waals surface area contributed by atoms with Crippen LogP contribution in [0.15, 0.2) is 72.8 Å². The van der Waals surface area contributed by atoms with Gasteiger partial charge in [0.25, 0.3) is 0 Å². The molecule has 4 rings (SSSR count). The van der Waals surface area contributed by atoms with E-state index in [0.717, 1.165) is 11.1 Å². The summed E-state index contributed by atoms with van der Waals surface area (Å²) in [5.74, 6) is -1.05. The van der Waals surface area contributed by atoms with E-state index in [4.69, 9.17) is 9.47 Å². The van der Waals surface area contributed by atoms with Crippen molar-refractivity contribution in [2.24, 2.45) is 0 Å². The number of carboxylic acid groups (broad SMARTS) is 1. The first-order valence-electron chi connectivity index (χ1n) is 11.9. The second-order valence-corrected chi connectivity index (χ2v) is 8.93. The normalized spacial score (nSPS) is 14.0. The molecular weight excluding hydrogens is 458 g/mol. The Balaban J connectivity index is 1.59. The third-order valence-electron chi connectivity index (χ3n) is 6.53. The topological polar surface area (TPSA) is 96.0 Å². The Morgan fingerprint density at radius 1 is 0.889 bits per heavy atom. The number of nitrogens with zero attached hydrogens (tertiary/aromatic N) is 1. The predicted octanol–water partition coefficient (Wildman–Crippen LogP) is 3.81. The van der Waals surface area contributed by atoms with Crippen LogP contribution in [0.1, 0.15) is 46.0 Å². The van der Waals surface area contributed by atoms with Gasteiger partial charge in [-0.1, -0.05) is 67.6 Å². The summed E-state index contributed by atoms with van der Waals surface area (Å²) in [6.07, 6.45) is -0.406. The lowest BCUT2D eigenvalue weighted by Crippen LogP contribution is -2.68. The number of aliphatic carboxylic acids is 1. The molecule has 7 nitrogen and oxygen atoms in total. The van der Waals surface area contributed by atoms with Gasteiger partial charge in [0.1, 0.15) is 19.0 Å². The molecule has 0 saturated carbocycles. The fraction of sp³-hybridized carbons (Fsp3) is 0.276. The highest BCUT2D eigenvalue weighted by molar-refractivity contribution is 6.01. The fourth-order valence-electron chi connectivity index (χ4n) is 4.56. The van der Waals surface area contributed by atoms with Crippen molar-refractivity contribution in [2.75, 3.05) is 13.1 Å². The Morgan fingerprint density at radius 3 is 2.03 bits per heavy atom. The molecule has 0 spiro atoms. The van der Waals surface area contributed by atoms with Gasteiger partial charge < -0.3 is 24.3 Å². The SMILES string of the molecule is CCC(=O)c1ccc(OCc2ccccc2)c(C)c1C1(C(=O)[O-])CN(C(=O)OCc2ccccc2)C1. The van der Waals surface area contributed by atoms with Crippen molar-refractivity contribution in [1.82, 2.24) is 4.90 Å². The number of amides is 1. The molecule has 1 amide bonds. The van der Waals surface area contributed by atoms with Gasteiger partial charge in [-0.05, 0) is 41.3 Å². The average Bonchev–Trinajstić information content (AvgIpc) is 2.87. The maximum absolute atomic E-state index is 12.8. The smallest absolute Gasteiger partial charge is 0.410 e. The molecule has 0 atom stereocenters. The van der Waals surface area contributed by atoms with Crippen LogP contribution in [0.4, 0.5) is 4.79 Å². The molecule has 1 heterocycles. The van der Waals surface area contributed by atoms with Crippen LogP contribution in [0.2, 0.25) is 0 Å². The third-order valence-corrected chi connectivity index (χ3v) is 6.53. The Bertz CT molecular complexity index is 1250. The number of hydrogen-bond acceptors (Lipinski definition) is 6. The number of Topliss-reactive ketones (excluding diaryl/α,β-unsaturated/α-hetero) is 1. The number of carbonyl (C=O) groups is 3. The lowest BCUT2D eigenvalue weighted by Gasteiger charge is -2.51. The van der Waals surface area contributed by atoms with Crippen molar-refractivity contribution in [2.45, 2.75) is 38.9 Å². The molecule has 186 valence electrons. The predicted molar refractivity (Wildman–Crippen MR) is 131 cm³/mol. The largest absolute Gasteiger partial charge is 0.549 e. The highest BCUT2D eigenvalue weighted by Crippen LogP contribution is 2.42. The molecule has 1 aliphatic rings. The van der Waals surface area contributed by atoms with Crippen LogP contribution in [0.5, 0.6) is 5.75 Å². The summed E-state index contributed by atoms with van der Waals surface area (Å²) < 4.78 is 11.4. The Morgan fingerprint density at radius 2 is 1.47 bits per heavy atom. The molecule has 3 aromatic carbocycles. The van der Waals surface area contributed by atoms with E-state index in [2.05, 4.69) is 0 Å². The first-order valence-corrected chi connectivity index (χ1v) is 11.9. The van der Waals surface area contributed by atoms with Crippen LogP contribution in [0.25, 0.3) is 0 Å². The maximum Gasteiger partial charge on any atom is 0.410 e. The van der Waals surface area contributed by atoms with E-state index in [1.54, 1.807) is 26.0 Å². The fourth-order valence-corrected chi connectivity index (χ4v) is 4.56. The summed E-state index contributed by atoms with van der Waals surface area (Å²) in [5, 5.41) is 12.5. The van der Waals surface area contributed by atoms with Gasteiger partial charge in [-0.3, -0.25) is 4.79 Å². The molecule has 0 unspecified atom stereocenters. The van der Waals surface area contributed by atoms with Crippen molar-refractivity contribution < 1.29 is 29.0 Å². The summed E-state index contributed by atoms with van der Waals surface area (Å²) in [7, 11) is 0. The quantitative estimate of drug-likeness (QED) is 0.427. The van der Waals surface area contributed by atoms with Gasteiger partial charge in [-0.25, -0.2) is 4.79 Å². The zero-order valence-corrected chi connectivity index (χ0v) is 20.4. The van der Waals surface area contributed by atoms with Gasteiger partial charge in [0.2, 0.25) is 0 Å². The molecule has 1 aliphatic heterocycles. The standard InChI is InChI=1S/C29H29NO6/c1-3-24(31)23-14-15-25(35-16-21-10-6-4-7-11-21)20(2)26(23)29(27(32)33)18-30(19-29)28(34)36-17-22-12-8-5-9-13-22/h4-15H,3,16-19H2,1-2H3,(H,32,33)/p-1. The molecule has 36 heavy (non-hydrogen) atoms. The molecule has 3 aromatic rings. The number of benzene rings is 3. The van der Waals surface area contributed by atoms with Gasteiger partial charge >= 0.3 is 6.09 Å². The number of rotatable bonds is 9. The molecule has 0 aliphatic carbocycles. The first-order chi connectivity index (χ1) is 17.4. The number of likely N-dealkylation sites (tertiary alicyclic amines) is 1. The molecular formula is C29H28NO6-. The van der Waals surface area contributed by atoms with Crippen LogP contribution in [-0.2, 0) is 28.2 Å². The van der Waals surface area contributed by atoms with Crippen molar-refractivity contribution in [3.8, 4) is 5.75 Å². The number of carbonyl (C=O) groups excluding carboxylic acids is 3. The van der Waals surface area contributed by atoms with Crippen LogP contribution in [0, 0.1) is 6.92 Å². The van der Waals surface area contributed by atoms with Crippen molar-refractivity contribution in [1.29, 1.82) is 0 Å². The van der Waals surface area contributed by atoms with Gasteiger partial charge in [-0.15, -0.1) is 0 Å². The van der Waals surface area contributed by atoms with Gasteiger partial charge in [0.15, 0.2) is 5.78 Å². The number of carboxylic acids is 1. The van der Waals surface area contributed by atoms with Crippen molar-refractivity contribution >= 4 is 17.8 Å². The van der Waals surface area contributed by atoms with Gasteiger partial charge in [0, 0.05) is 25.1 Å². The average molecular weight is 487 g/mol. The number of ether oxygens (including phenoxy) is 2. The molecule has 0 bridgehead atoms. The Kier molecular flexibility index (Phi) is 7.38. The van der Waals surface area contributed by atoms with E-state index in [0.29, 0.717) is 29.0 Å². The zero-order valence-electron chi connectivity index (χ0n) is 20.4. The van der Waals surface area contributed by atoms with E-state index in [1.807, 2.05) is 60.7 Å². The summed E-state index contributed by atoms with van der Waals surface area (Å²) in [6, 6.07) is 22.1. The minimum Gasteiger partial charge on any atom is -0.549 e. The highest BCUT2D eigenvalue weighted by atomic mass is 16.6. The Labute approximate surface area is 210 Å². The lowest BCUT2D eigenvalue weighted by atomic mass is 9.69. The van der Waals surface area contributed by atoms with E-state index in [-0.39, 0.29) is 31.9 Å². The van der Waals surface area contributed by atoms with E-state index in [1.165, 1.54) is 4.90 Å². The number of hydrogen-bond donors (Lipinski definition) is 0. The summed E-state index contributed by atoms with van der Waals surface area (Å²) in [6.45, 7) is 3.52. The summed E-state index contributed by atoms with van der Waals surface area (Å²) >= 11 is 0. The second-order valence-electron chi connectivity index (χ2n) is 8.93. The third kappa shape index (κ3) is 4.96. The van der Waals surface area contributed by atoms with Crippen LogP contribution < -0.4 is 9.84 Å². The summed E-state index contributed by atoms with van der Waals surface area (Å²) in [5.41, 5.74) is 1.44. The minimum absolute atomic E-state index is 0.0793. The Hall–Kier alpha value is -4.13. The molecule has 1 saturated heterocycles. The lowest BCUT2D eigenvalue weighted by molar-refractivity contribution is -0.318. The number of ketones is 1. The van der Waals surface area contributed by atoms with Crippen LogP contribution in [0.3, 0.4) is 0 Å². The molecule has 7 heteroatoms.